The van der Waals surface area contributed by atoms with E-state index in [1.807, 2.05) is 18.2 Å². The van der Waals surface area contributed by atoms with E-state index < -0.39 is 5.82 Å². The van der Waals surface area contributed by atoms with Crippen LogP contribution in [0, 0.1) is 11.7 Å². The SMILES string of the molecule is COc1ccc(CCNC(=O)c2cc(CC3CCNC3)ccc2F)cc1OC. The van der Waals surface area contributed by atoms with Crippen LogP contribution in [-0.2, 0) is 12.8 Å². The number of carbonyl (C=O) groups excluding carboxylic acids is 1. The second kappa shape index (κ2) is 9.55. The molecule has 1 aliphatic heterocycles. The van der Waals surface area contributed by atoms with Gasteiger partial charge in [-0.05, 0) is 73.7 Å². The Labute approximate surface area is 165 Å². The van der Waals surface area contributed by atoms with Crippen LogP contribution in [0.15, 0.2) is 36.4 Å². The second-order valence-corrected chi connectivity index (χ2v) is 7.07. The lowest BCUT2D eigenvalue weighted by Crippen LogP contribution is -2.26. The molecule has 28 heavy (non-hydrogen) atoms. The average molecular weight is 386 g/mol. The summed E-state index contributed by atoms with van der Waals surface area (Å²) < 4.78 is 24.7. The van der Waals surface area contributed by atoms with Gasteiger partial charge in [0.15, 0.2) is 11.5 Å². The number of benzene rings is 2. The van der Waals surface area contributed by atoms with E-state index in [0.717, 1.165) is 37.1 Å². The third-order valence-corrected chi connectivity index (χ3v) is 5.11. The molecule has 1 unspecified atom stereocenters. The van der Waals surface area contributed by atoms with E-state index in [2.05, 4.69) is 10.6 Å². The summed E-state index contributed by atoms with van der Waals surface area (Å²) in [4.78, 5) is 12.5. The highest BCUT2D eigenvalue weighted by atomic mass is 19.1. The van der Waals surface area contributed by atoms with Crippen molar-refractivity contribution in [2.24, 2.45) is 5.92 Å². The van der Waals surface area contributed by atoms with Gasteiger partial charge < -0.3 is 20.1 Å². The maximum absolute atomic E-state index is 14.2. The van der Waals surface area contributed by atoms with Gasteiger partial charge in [0.05, 0.1) is 19.8 Å². The van der Waals surface area contributed by atoms with Crippen molar-refractivity contribution in [2.45, 2.75) is 19.3 Å². The zero-order valence-electron chi connectivity index (χ0n) is 16.4. The molecule has 0 bridgehead atoms. The number of nitrogens with one attached hydrogen (secondary N) is 2. The molecule has 6 heteroatoms. The minimum atomic E-state index is -0.489. The molecule has 0 aromatic heterocycles. The predicted octanol–water partition coefficient (Wildman–Crippen LogP) is 2.97. The number of amides is 1. The number of methoxy groups -OCH3 is 2. The first-order valence-corrected chi connectivity index (χ1v) is 9.59. The molecule has 1 amide bonds. The van der Waals surface area contributed by atoms with Crippen molar-refractivity contribution in [1.29, 1.82) is 0 Å². The van der Waals surface area contributed by atoms with Crippen LogP contribution in [-0.4, -0.2) is 39.8 Å². The van der Waals surface area contributed by atoms with Gasteiger partial charge in [-0.25, -0.2) is 4.39 Å². The molecule has 1 fully saturated rings. The molecule has 1 atom stereocenters. The molecule has 0 saturated carbocycles. The molecule has 3 rings (SSSR count). The highest BCUT2D eigenvalue weighted by Crippen LogP contribution is 2.27. The van der Waals surface area contributed by atoms with Crippen LogP contribution in [0.4, 0.5) is 4.39 Å². The number of hydrogen-bond donors (Lipinski definition) is 2. The summed E-state index contributed by atoms with van der Waals surface area (Å²) in [7, 11) is 3.17. The maximum Gasteiger partial charge on any atom is 0.254 e. The molecule has 5 nitrogen and oxygen atoms in total. The fourth-order valence-electron chi connectivity index (χ4n) is 3.55. The Bertz CT molecular complexity index is 819. The van der Waals surface area contributed by atoms with Crippen molar-refractivity contribution < 1.29 is 18.7 Å². The summed E-state index contributed by atoms with van der Waals surface area (Å²) in [6, 6.07) is 10.5. The Balaban J connectivity index is 1.58. The van der Waals surface area contributed by atoms with Crippen LogP contribution in [0.1, 0.15) is 27.9 Å². The van der Waals surface area contributed by atoms with Crippen molar-refractivity contribution in [2.75, 3.05) is 33.9 Å². The van der Waals surface area contributed by atoms with Gasteiger partial charge in [0.25, 0.3) is 5.91 Å². The van der Waals surface area contributed by atoms with E-state index in [9.17, 15) is 9.18 Å². The van der Waals surface area contributed by atoms with Crippen molar-refractivity contribution >= 4 is 5.91 Å². The minimum absolute atomic E-state index is 0.107. The van der Waals surface area contributed by atoms with Crippen LogP contribution in [0.3, 0.4) is 0 Å². The number of carbonyl (C=O) groups is 1. The highest BCUT2D eigenvalue weighted by Gasteiger charge is 2.17. The lowest BCUT2D eigenvalue weighted by molar-refractivity contribution is 0.0950. The van der Waals surface area contributed by atoms with E-state index >= 15 is 0 Å². The van der Waals surface area contributed by atoms with Gasteiger partial charge in [-0.3, -0.25) is 4.79 Å². The van der Waals surface area contributed by atoms with Crippen LogP contribution >= 0.6 is 0 Å². The fourth-order valence-corrected chi connectivity index (χ4v) is 3.55. The molecule has 1 heterocycles. The Morgan fingerprint density at radius 1 is 1.14 bits per heavy atom. The highest BCUT2D eigenvalue weighted by molar-refractivity contribution is 5.94. The maximum atomic E-state index is 14.2. The Hall–Kier alpha value is -2.60. The number of halogens is 1. The van der Waals surface area contributed by atoms with E-state index in [4.69, 9.17) is 9.47 Å². The monoisotopic (exact) mass is 386 g/mol. The number of rotatable bonds is 8. The van der Waals surface area contributed by atoms with Crippen molar-refractivity contribution in [1.82, 2.24) is 10.6 Å². The van der Waals surface area contributed by atoms with Crippen LogP contribution in [0.25, 0.3) is 0 Å². The van der Waals surface area contributed by atoms with Crippen LogP contribution < -0.4 is 20.1 Å². The fraction of sp³-hybridized carbons (Fsp3) is 0.409. The topological polar surface area (TPSA) is 59.6 Å². The molecular formula is C22H27FN2O3. The normalized spacial score (nSPS) is 16.0. The van der Waals surface area contributed by atoms with Crippen LogP contribution in [0.2, 0.25) is 0 Å². The molecule has 0 radical (unpaired) electrons. The van der Waals surface area contributed by atoms with Crippen molar-refractivity contribution in [3.8, 4) is 11.5 Å². The summed E-state index contributed by atoms with van der Waals surface area (Å²) in [5.41, 5.74) is 2.11. The quantitative estimate of drug-likeness (QED) is 0.732. The van der Waals surface area contributed by atoms with Gasteiger partial charge in [0.1, 0.15) is 5.82 Å². The first-order chi connectivity index (χ1) is 13.6. The average Bonchev–Trinajstić information content (AvgIpc) is 3.22. The van der Waals surface area contributed by atoms with E-state index in [1.165, 1.54) is 6.07 Å². The zero-order chi connectivity index (χ0) is 19.9. The van der Waals surface area contributed by atoms with Crippen molar-refractivity contribution in [3.05, 3.63) is 58.9 Å². The predicted molar refractivity (Wildman–Crippen MR) is 107 cm³/mol. The van der Waals surface area contributed by atoms with Crippen LogP contribution in [0.5, 0.6) is 11.5 Å². The summed E-state index contributed by atoms with van der Waals surface area (Å²) in [6.07, 6.45) is 2.59. The molecule has 0 aliphatic carbocycles. The summed E-state index contributed by atoms with van der Waals surface area (Å²) in [5.74, 6) is 0.978. The summed E-state index contributed by atoms with van der Waals surface area (Å²) >= 11 is 0. The lowest BCUT2D eigenvalue weighted by atomic mass is 9.97. The summed E-state index contributed by atoms with van der Waals surface area (Å²) in [5, 5.41) is 6.14. The standard InChI is InChI=1S/C22H27FN2O3/c1-27-20-6-4-15(13-21(20)28-2)8-10-25-22(26)18-12-16(3-5-19(18)23)11-17-7-9-24-14-17/h3-6,12-13,17,24H,7-11,14H2,1-2H3,(H,25,26). The minimum Gasteiger partial charge on any atom is -0.493 e. The van der Waals surface area contributed by atoms with E-state index in [-0.39, 0.29) is 11.5 Å². The molecule has 1 aliphatic rings. The smallest absolute Gasteiger partial charge is 0.254 e. The first-order valence-electron chi connectivity index (χ1n) is 9.59. The molecule has 2 aromatic rings. The Morgan fingerprint density at radius 3 is 2.64 bits per heavy atom. The van der Waals surface area contributed by atoms with Gasteiger partial charge >= 0.3 is 0 Å². The van der Waals surface area contributed by atoms with E-state index in [1.54, 1.807) is 26.4 Å². The number of ether oxygens (including phenoxy) is 2. The molecule has 2 N–H and O–H groups in total. The van der Waals surface area contributed by atoms with Gasteiger partial charge in [-0.2, -0.15) is 0 Å². The molecule has 1 saturated heterocycles. The van der Waals surface area contributed by atoms with Crippen molar-refractivity contribution in [3.63, 3.8) is 0 Å². The molecular weight excluding hydrogens is 359 g/mol. The van der Waals surface area contributed by atoms with Gasteiger partial charge in [0.2, 0.25) is 0 Å². The third kappa shape index (κ3) is 5.01. The van der Waals surface area contributed by atoms with Gasteiger partial charge in [0, 0.05) is 6.54 Å². The van der Waals surface area contributed by atoms with Gasteiger partial charge in [-0.15, -0.1) is 0 Å². The molecule has 0 spiro atoms. The zero-order valence-corrected chi connectivity index (χ0v) is 16.4. The second-order valence-electron chi connectivity index (χ2n) is 7.07. The van der Waals surface area contributed by atoms with E-state index in [0.29, 0.717) is 30.4 Å². The summed E-state index contributed by atoms with van der Waals surface area (Å²) in [6.45, 7) is 2.41. The van der Waals surface area contributed by atoms with Gasteiger partial charge in [-0.1, -0.05) is 12.1 Å². The largest absolute Gasteiger partial charge is 0.493 e. The lowest BCUT2D eigenvalue weighted by Gasteiger charge is -2.12. The Kier molecular flexibility index (Phi) is 6.87. The third-order valence-electron chi connectivity index (χ3n) is 5.11. The Morgan fingerprint density at radius 2 is 1.93 bits per heavy atom. The molecule has 150 valence electrons. The molecule has 2 aromatic carbocycles. The number of hydrogen-bond acceptors (Lipinski definition) is 4. The first kappa shape index (κ1) is 20.1.